The van der Waals surface area contributed by atoms with Crippen molar-refractivity contribution in [2.24, 2.45) is 0 Å². The van der Waals surface area contributed by atoms with Gasteiger partial charge in [-0.3, -0.25) is 4.79 Å². The van der Waals surface area contributed by atoms with Gasteiger partial charge in [0.1, 0.15) is 5.75 Å². The average Bonchev–Trinajstić information content (AvgIpc) is 2.58. The van der Waals surface area contributed by atoms with E-state index in [0.717, 1.165) is 29.7 Å². The summed E-state index contributed by atoms with van der Waals surface area (Å²) >= 11 is 0. The Hall–Kier alpha value is -2.29. The number of rotatable bonds is 7. The molecule has 0 aliphatic carbocycles. The van der Waals surface area contributed by atoms with Crippen LogP contribution in [-0.4, -0.2) is 18.1 Å². The molecule has 25 heavy (non-hydrogen) atoms. The molecule has 0 aromatic heterocycles. The highest BCUT2D eigenvalue weighted by Crippen LogP contribution is 2.24. The number of benzene rings is 2. The second-order valence-corrected chi connectivity index (χ2v) is 6.90. The fourth-order valence-electron chi connectivity index (χ4n) is 2.83. The van der Waals surface area contributed by atoms with Crippen LogP contribution in [0, 0.1) is 20.8 Å². The summed E-state index contributed by atoms with van der Waals surface area (Å²) in [6.45, 7) is 9.96. The molecule has 2 aromatic rings. The van der Waals surface area contributed by atoms with Crippen LogP contribution >= 0.6 is 0 Å². The van der Waals surface area contributed by atoms with Gasteiger partial charge in [-0.15, -0.1) is 0 Å². The molecule has 0 saturated carbocycles. The number of hydrogen-bond acceptors (Lipinski definition) is 2. The molecule has 2 rings (SSSR count). The smallest absolute Gasteiger partial charge is 0.260 e. The van der Waals surface area contributed by atoms with Gasteiger partial charge in [-0.05, 0) is 75.8 Å². The van der Waals surface area contributed by atoms with Gasteiger partial charge in [0.2, 0.25) is 0 Å². The van der Waals surface area contributed by atoms with Crippen molar-refractivity contribution >= 4 is 5.91 Å². The molecule has 1 N–H and O–H groups in total. The van der Waals surface area contributed by atoms with E-state index in [9.17, 15) is 4.79 Å². The molecular formula is C22H29NO2. The number of carbonyl (C=O) groups excluding carboxylic acids is 1. The Morgan fingerprint density at radius 3 is 2.44 bits per heavy atom. The van der Waals surface area contributed by atoms with Crippen LogP contribution < -0.4 is 10.1 Å². The van der Waals surface area contributed by atoms with Crippen molar-refractivity contribution in [1.82, 2.24) is 5.32 Å². The minimum atomic E-state index is -0.515. The van der Waals surface area contributed by atoms with Crippen molar-refractivity contribution in [3.8, 4) is 5.75 Å². The second-order valence-electron chi connectivity index (χ2n) is 6.90. The summed E-state index contributed by atoms with van der Waals surface area (Å²) in [5, 5.41) is 3.05. The van der Waals surface area contributed by atoms with Crippen LogP contribution in [0.1, 0.15) is 42.5 Å². The minimum Gasteiger partial charge on any atom is -0.481 e. The number of carbonyl (C=O) groups is 1. The lowest BCUT2D eigenvalue weighted by molar-refractivity contribution is -0.127. The quantitative estimate of drug-likeness (QED) is 0.805. The topological polar surface area (TPSA) is 38.3 Å². The number of aryl methyl sites for hydroxylation is 3. The first-order valence-corrected chi connectivity index (χ1v) is 8.95. The Kier molecular flexibility index (Phi) is 6.63. The first-order valence-electron chi connectivity index (χ1n) is 8.95. The van der Waals surface area contributed by atoms with E-state index < -0.39 is 6.10 Å². The molecule has 2 unspecified atom stereocenters. The van der Waals surface area contributed by atoms with Gasteiger partial charge in [0.25, 0.3) is 5.91 Å². The second kappa shape index (κ2) is 8.70. The molecule has 0 aliphatic rings. The van der Waals surface area contributed by atoms with Gasteiger partial charge < -0.3 is 10.1 Å². The van der Waals surface area contributed by atoms with Crippen molar-refractivity contribution in [2.45, 2.75) is 59.6 Å². The van der Waals surface area contributed by atoms with Gasteiger partial charge in [0.05, 0.1) is 0 Å². The number of amides is 1. The van der Waals surface area contributed by atoms with Crippen LogP contribution in [0.2, 0.25) is 0 Å². The van der Waals surface area contributed by atoms with Crippen LogP contribution in [0.3, 0.4) is 0 Å². The molecule has 0 bridgehead atoms. The summed E-state index contributed by atoms with van der Waals surface area (Å²) in [6.07, 6.45) is 1.35. The third-order valence-corrected chi connectivity index (χ3v) is 4.53. The third-order valence-electron chi connectivity index (χ3n) is 4.53. The molecule has 0 aliphatic heterocycles. The summed E-state index contributed by atoms with van der Waals surface area (Å²) in [5.74, 6) is 0.719. The molecule has 2 atom stereocenters. The van der Waals surface area contributed by atoms with Crippen molar-refractivity contribution < 1.29 is 9.53 Å². The SMILES string of the molecule is Cc1cc(C)c(C)c(OC(C)C(=O)NC(C)CCc2ccccc2)c1. The van der Waals surface area contributed by atoms with E-state index in [-0.39, 0.29) is 11.9 Å². The third kappa shape index (κ3) is 5.63. The zero-order chi connectivity index (χ0) is 18.4. The van der Waals surface area contributed by atoms with Crippen LogP contribution in [0.4, 0.5) is 0 Å². The predicted octanol–water partition coefficient (Wildman–Crippen LogP) is 4.52. The number of nitrogens with one attached hydrogen (secondary N) is 1. The fraction of sp³-hybridized carbons (Fsp3) is 0.409. The lowest BCUT2D eigenvalue weighted by atomic mass is 10.1. The Bertz CT molecular complexity index is 709. The van der Waals surface area contributed by atoms with E-state index in [1.165, 1.54) is 11.1 Å². The van der Waals surface area contributed by atoms with Gasteiger partial charge in [-0.25, -0.2) is 0 Å². The van der Waals surface area contributed by atoms with Crippen LogP contribution in [0.15, 0.2) is 42.5 Å². The van der Waals surface area contributed by atoms with Gasteiger partial charge in [0, 0.05) is 6.04 Å². The monoisotopic (exact) mass is 339 g/mol. The average molecular weight is 339 g/mol. The summed E-state index contributed by atoms with van der Waals surface area (Å²) in [6, 6.07) is 14.6. The van der Waals surface area contributed by atoms with Gasteiger partial charge in [0.15, 0.2) is 6.10 Å². The zero-order valence-corrected chi connectivity index (χ0v) is 15.9. The molecular weight excluding hydrogens is 310 g/mol. The van der Waals surface area contributed by atoms with Crippen molar-refractivity contribution in [2.75, 3.05) is 0 Å². The summed E-state index contributed by atoms with van der Waals surface area (Å²) in [4.78, 5) is 12.4. The van der Waals surface area contributed by atoms with E-state index >= 15 is 0 Å². The van der Waals surface area contributed by atoms with E-state index in [0.29, 0.717) is 0 Å². The predicted molar refractivity (Wildman–Crippen MR) is 103 cm³/mol. The van der Waals surface area contributed by atoms with Crippen LogP contribution in [-0.2, 0) is 11.2 Å². The maximum Gasteiger partial charge on any atom is 0.260 e. The molecule has 3 nitrogen and oxygen atoms in total. The maximum absolute atomic E-state index is 12.4. The van der Waals surface area contributed by atoms with Crippen LogP contribution in [0.5, 0.6) is 5.75 Å². The van der Waals surface area contributed by atoms with Crippen molar-refractivity contribution in [1.29, 1.82) is 0 Å². The highest BCUT2D eigenvalue weighted by molar-refractivity contribution is 5.81. The molecule has 0 radical (unpaired) electrons. The zero-order valence-electron chi connectivity index (χ0n) is 15.9. The Morgan fingerprint density at radius 2 is 1.76 bits per heavy atom. The normalized spacial score (nSPS) is 13.2. The van der Waals surface area contributed by atoms with Crippen LogP contribution in [0.25, 0.3) is 0 Å². The Morgan fingerprint density at radius 1 is 1.08 bits per heavy atom. The van der Waals surface area contributed by atoms with E-state index in [1.807, 2.05) is 45.0 Å². The maximum atomic E-state index is 12.4. The summed E-state index contributed by atoms with van der Waals surface area (Å²) in [7, 11) is 0. The van der Waals surface area contributed by atoms with Gasteiger partial charge >= 0.3 is 0 Å². The first kappa shape index (κ1) is 19.0. The van der Waals surface area contributed by atoms with E-state index in [2.05, 4.69) is 30.4 Å². The molecule has 1 amide bonds. The highest BCUT2D eigenvalue weighted by atomic mass is 16.5. The Labute approximate surface area is 151 Å². The summed E-state index contributed by atoms with van der Waals surface area (Å²) in [5.41, 5.74) is 4.70. The molecule has 134 valence electrons. The van der Waals surface area contributed by atoms with E-state index in [1.54, 1.807) is 6.92 Å². The fourth-order valence-corrected chi connectivity index (χ4v) is 2.83. The van der Waals surface area contributed by atoms with Gasteiger partial charge in [-0.2, -0.15) is 0 Å². The van der Waals surface area contributed by atoms with Gasteiger partial charge in [-0.1, -0.05) is 36.4 Å². The summed E-state index contributed by atoms with van der Waals surface area (Å²) < 4.78 is 5.92. The molecule has 0 saturated heterocycles. The first-order chi connectivity index (χ1) is 11.9. The molecule has 0 spiro atoms. The molecule has 0 fully saturated rings. The minimum absolute atomic E-state index is 0.0703. The standard InChI is InChI=1S/C22H29NO2/c1-15-13-16(2)18(4)21(14-15)25-19(5)22(24)23-17(3)11-12-20-9-7-6-8-10-20/h6-10,13-14,17,19H,11-12H2,1-5H3,(H,23,24). The Balaban J connectivity index is 1.87. The van der Waals surface area contributed by atoms with Crippen molar-refractivity contribution in [3.05, 3.63) is 64.7 Å². The molecule has 3 heteroatoms. The van der Waals surface area contributed by atoms with Crippen molar-refractivity contribution in [3.63, 3.8) is 0 Å². The van der Waals surface area contributed by atoms with E-state index in [4.69, 9.17) is 4.74 Å². The lowest BCUT2D eigenvalue weighted by Crippen LogP contribution is -2.41. The number of ether oxygens (including phenoxy) is 1. The molecule has 2 aromatic carbocycles. The molecule has 0 heterocycles. The number of hydrogen-bond donors (Lipinski definition) is 1. The highest BCUT2D eigenvalue weighted by Gasteiger charge is 2.18. The lowest BCUT2D eigenvalue weighted by Gasteiger charge is -2.20. The largest absolute Gasteiger partial charge is 0.481 e.